The van der Waals surface area contributed by atoms with Crippen LogP contribution >= 0.6 is 0 Å². The molecule has 0 bridgehead atoms. The van der Waals surface area contributed by atoms with Gasteiger partial charge in [0.2, 0.25) is 5.91 Å². The fourth-order valence-electron chi connectivity index (χ4n) is 2.62. The molecule has 0 saturated carbocycles. The number of halogens is 2. The van der Waals surface area contributed by atoms with Crippen LogP contribution in [0.25, 0.3) is 0 Å². The zero-order valence-corrected chi connectivity index (χ0v) is 11.8. The maximum atomic E-state index is 13.5. The van der Waals surface area contributed by atoms with Gasteiger partial charge in [0.1, 0.15) is 11.6 Å². The molecule has 0 aromatic heterocycles. The van der Waals surface area contributed by atoms with Crippen molar-refractivity contribution in [3.05, 3.63) is 29.8 Å². The summed E-state index contributed by atoms with van der Waals surface area (Å²) in [6.07, 6.45) is 3.96. The van der Waals surface area contributed by atoms with E-state index in [4.69, 9.17) is 0 Å². The molecular weight excluding hydrogens is 278 g/mol. The molecule has 0 aliphatic carbocycles. The molecule has 6 heteroatoms. The van der Waals surface area contributed by atoms with Gasteiger partial charge in [0.25, 0.3) is 0 Å². The molecule has 1 saturated heterocycles. The highest BCUT2D eigenvalue weighted by molar-refractivity contribution is 5.92. The van der Waals surface area contributed by atoms with Crippen LogP contribution in [-0.2, 0) is 4.79 Å². The van der Waals surface area contributed by atoms with E-state index in [2.05, 4.69) is 5.32 Å². The Bertz CT molecular complexity index is 497. The summed E-state index contributed by atoms with van der Waals surface area (Å²) in [6, 6.07) is 3.00. The normalized spacial score (nSPS) is 20.0. The number of hydrogen-bond acceptors (Lipinski definition) is 3. The van der Waals surface area contributed by atoms with Crippen molar-refractivity contribution in [1.29, 1.82) is 0 Å². The highest BCUT2D eigenvalue weighted by Crippen LogP contribution is 2.18. The second-order valence-electron chi connectivity index (χ2n) is 5.33. The highest BCUT2D eigenvalue weighted by atomic mass is 19.1. The Morgan fingerprint density at radius 3 is 2.86 bits per heavy atom. The second-order valence-corrected chi connectivity index (χ2v) is 5.33. The van der Waals surface area contributed by atoms with Crippen molar-refractivity contribution in [2.75, 3.05) is 25.0 Å². The summed E-state index contributed by atoms with van der Waals surface area (Å²) in [5, 5.41) is 11.8. The number of benzene rings is 1. The average Bonchev–Trinajstić information content (AvgIpc) is 2.67. The second kappa shape index (κ2) is 7.47. The Kier molecular flexibility index (Phi) is 5.64. The van der Waals surface area contributed by atoms with Crippen LogP contribution in [0.2, 0.25) is 0 Å². The Morgan fingerprint density at radius 1 is 1.33 bits per heavy atom. The zero-order chi connectivity index (χ0) is 15.2. The molecule has 1 aromatic rings. The average molecular weight is 298 g/mol. The highest BCUT2D eigenvalue weighted by Gasteiger charge is 2.22. The molecule has 2 rings (SSSR count). The SMILES string of the molecule is O=C(CN1CCCCCC1CO)Nc1ccc(F)cc1F. The zero-order valence-electron chi connectivity index (χ0n) is 11.8. The van der Waals surface area contributed by atoms with Crippen molar-refractivity contribution in [2.45, 2.75) is 31.7 Å². The van der Waals surface area contributed by atoms with Crippen LogP contribution in [0.3, 0.4) is 0 Å². The number of aliphatic hydroxyl groups is 1. The van der Waals surface area contributed by atoms with Crippen LogP contribution in [0.1, 0.15) is 25.7 Å². The lowest BCUT2D eigenvalue weighted by molar-refractivity contribution is -0.118. The summed E-state index contributed by atoms with van der Waals surface area (Å²) < 4.78 is 26.3. The third-order valence-corrected chi connectivity index (χ3v) is 3.76. The number of likely N-dealkylation sites (tertiary alicyclic amines) is 1. The van der Waals surface area contributed by atoms with Crippen LogP contribution in [0, 0.1) is 11.6 Å². The van der Waals surface area contributed by atoms with Gasteiger partial charge in [-0.05, 0) is 31.5 Å². The first-order valence-electron chi connectivity index (χ1n) is 7.20. The quantitative estimate of drug-likeness (QED) is 0.895. The number of nitrogens with one attached hydrogen (secondary N) is 1. The summed E-state index contributed by atoms with van der Waals surface area (Å²) in [5.41, 5.74) is -0.0308. The van der Waals surface area contributed by atoms with E-state index >= 15 is 0 Å². The fourth-order valence-corrected chi connectivity index (χ4v) is 2.62. The lowest BCUT2D eigenvalue weighted by Crippen LogP contribution is -2.42. The third kappa shape index (κ3) is 4.47. The van der Waals surface area contributed by atoms with E-state index in [0.717, 1.165) is 44.4 Å². The molecule has 0 spiro atoms. The van der Waals surface area contributed by atoms with Gasteiger partial charge >= 0.3 is 0 Å². The summed E-state index contributed by atoms with van der Waals surface area (Å²) in [4.78, 5) is 13.9. The maximum absolute atomic E-state index is 13.5. The first kappa shape index (κ1) is 15.9. The van der Waals surface area contributed by atoms with Gasteiger partial charge < -0.3 is 10.4 Å². The Hall–Kier alpha value is -1.53. The molecule has 21 heavy (non-hydrogen) atoms. The minimum Gasteiger partial charge on any atom is -0.395 e. The number of rotatable bonds is 4. The Morgan fingerprint density at radius 2 is 2.14 bits per heavy atom. The van der Waals surface area contributed by atoms with E-state index in [1.807, 2.05) is 4.90 Å². The Labute approximate surface area is 122 Å². The van der Waals surface area contributed by atoms with Crippen molar-refractivity contribution < 1.29 is 18.7 Å². The van der Waals surface area contributed by atoms with Gasteiger partial charge in [0, 0.05) is 12.1 Å². The van der Waals surface area contributed by atoms with Crippen LogP contribution in [0.5, 0.6) is 0 Å². The smallest absolute Gasteiger partial charge is 0.238 e. The van der Waals surface area contributed by atoms with E-state index in [1.165, 1.54) is 6.07 Å². The topological polar surface area (TPSA) is 52.6 Å². The van der Waals surface area contributed by atoms with E-state index in [-0.39, 0.29) is 30.8 Å². The number of nitrogens with zero attached hydrogens (tertiary/aromatic N) is 1. The lowest BCUT2D eigenvalue weighted by atomic mass is 10.1. The monoisotopic (exact) mass is 298 g/mol. The summed E-state index contributed by atoms with van der Waals surface area (Å²) in [7, 11) is 0. The molecule has 1 unspecified atom stereocenters. The van der Waals surface area contributed by atoms with Crippen molar-refractivity contribution in [2.24, 2.45) is 0 Å². The first-order chi connectivity index (χ1) is 10.1. The Balaban J connectivity index is 1.96. The van der Waals surface area contributed by atoms with Gasteiger partial charge in [-0.1, -0.05) is 12.8 Å². The molecule has 1 heterocycles. The van der Waals surface area contributed by atoms with Gasteiger partial charge in [-0.25, -0.2) is 8.78 Å². The van der Waals surface area contributed by atoms with E-state index < -0.39 is 11.6 Å². The molecule has 1 aliphatic heterocycles. The molecule has 1 aliphatic rings. The van der Waals surface area contributed by atoms with Crippen molar-refractivity contribution in [1.82, 2.24) is 4.90 Å². The summed E-state index contributed by atoms with van der Waals surface area (Å²) in [5.74, 6) is -1.84. The molecular formula is C15H20F2N2O2. The van der Waals surface area contributed by atoms with E-state index in [0.29, 0.717) is 0 Å². The first-order valence-corrected chi connectivity index (χ1v) is 7.20. The van der Waals surface area contributed by atoms with Crippen LogP contribution in [0.4, 0.5) is 14.5 Å². The van der Waals surface area contributed by atoms with Crippen molar-refractivity contribution in [3.8, 4) is 0 Å². The largest absolute Gasteiger partial charge is 0.395 e. The molecule has 0 radical (unpaired) electrons. The van der Waals surface area contributed by atoms with Gasteiger partial charge in [0.05, 0.1) is 18.8 Å². The lowest BCUT2D eigenvalue weighted by Gasteiger charge is -2.27. The molecule has 4 nitrogen and oxygen atoms in total. The van der Waals surface area contributed by atoms with E-state index in [1.54, 1.807) is 0 Å². The van der Waals surface area contributed by atoms with Crippen LogP contribution < -0.4 is 5.32 Å². The molecule has 1 aromatic carbocycles. The van der Waals surface area contributed by atoms with Crippen molar-refractivity contribution in [3.63, 3.8) is 0 Å². The maximum Gasteiger partial charge on any atom is 0.238 e. The minimum atomic E-state index is -0.794. The summed E-state index contributed by atoms with van der Waals surface area (Å²) in [6.45, 7) is 0.852. The third-order valence-electron chi connectivity index (χ3n) is 3.76. The number of amides is 1. The minimum absolute atomic E-state index is 0.0121. The van der Waals surface area contributed by atoms with Gasteiger partial charge in [-0.15, -0.1) is 0 Å². The van der Waals surface area contributed by atoms with E-state index in [9.17, 15) is 18.7 Å². The number of aliphatic hydroxyl groups excluding tert-OH is 1. The molecule has 2 N–H and O–H groups in total. The fraction of sp³-hybridized carbons (Fsp3) is 0.533. The predicted molar refractivity (Wildman–Crippen MR) is 75.9 cm³/mol. The molecule has 1 amide bonds. The van der Waals surface area contributed by atoms with Gasteiger partial charge in [-0.3, -0.25) is 9.69 Å². The number of carbonyl (C=O) groups excluding carboxylic acids is 1. The number of anilines is 1. The molecule has 1 atom stereocenters. The van der Waals surface area contributed by atoms with Crippen LogP contribution in [0.15, 0.2) is 18.2 Å². The molecule has 116 valence electrons. The van der Waals surface area contributed by atoms with Crippen LogP contribution in [-0.4, -0.2) is 41.7 Å². The summed E-state index contributed by atoms with van der Waals surface area (Å²) >= 11 is 0. The molecule has 1 fully saturated rings. The number of carbonyl (C=O) groups is 1. The number of hydrogen-bond donors (Lipinski definition) is 2. The van der Waals surface area contributed by atoms with Gasteiger partial charge in [-0.2, -0.15) is 0 Å². The van der Waals surface area contributed by atoms with Gasteiger partial charge in [0.15, 0.2) is 0 Å². The predicted octanol–water partition coefficient (Wildman–Crippen LogP) is 2.14. The van der Waals surface area contributed by atoms with Crippen molar-refractivity contribution >= 4 is 11.6 Å². The standard InChI is InChI=1S/C15H20F2N2O2/c16-11-5-6-14(13(17)8-11)18-15(21)9-19-7-3-1-2-4-12(19)10-20/h5-6,8,12,20H,1-4,7,9-10H2,(H,18,21).